The van der Waals surface area contributed by atoms with Crippen molar-refractivity contribution in [1.29, 1.82) is 5.26 Å². The van der Waals surface area contributed by atoms with Gasteiger partial charge in [-0.3, -0.25) is 9.69 Å². The van der Waals surface area contributed by atoms with Crippen molar-refractivity contribution in [3.05, 3.63) is 76.1 Å². The van der Waals surface area contributed by atoms with E-state index in [0.29, 0.717) is 12.1 Å². The average molecular weight is 410 g/mol. The Labute approximate surface area is 172 Å². The number of thioether (sulfide) groups is 1. The maximum Gasteiger partial charge on any atom is 0.351 e. The van der Waals surface area contributed by atoms with Crippen molar-refractivity contribution in [3.8, 4) is 6.07 Å². The Hall–Kier alpha value is -3.11. The Balaban J connectivity index is 2.02. The van der Waals surface area contributed by atoms with Crippen LogP contribution >= 0.6 is 11.8 Å². The van der Waals surface area contributed by atoms with E-state index in [9.17, 15) is 19.2 Å². The van der Waals surface area contributed by atoms with Gasteiger partial charge in [-0.25, -0.2) is 9.18 Å². The van der Waals surface area contributed by atoms with Gasteiger partial charge in [0.05, 0.1) is 11.9 Å². The van der Waals surface area contributed by atoms with Crippen molar-refractivity contribution in [1.82, 2.24) is 0 Å². The molecule has 1 saturated heterocycles. The lowest BCUT2D eigenvalue weighted by Gasteiger charge is -2.18. The molecular weight excluding hydrogens is 391 g/mol. The molecule has 3 rings (SSSR count). The molecule has 2 aromatic carbocycles. The van der Waals surface area contributed by atoms with Crippen LogP contribution in [0.4, 0.5) is 10.1 Å². The summed E-state index contributed by atoms with van der Waals surface area (Å²) in [5, 5.41) is 9.29. The van der Waals surface area contributed by atoms with E-state index in [1.54, 1.807) is 31.2 Å². The monoisotopic (exact) mass is 410 g/mol. The Morgan fingerprint density at radius 1 is 1.21 bits per heavy atom. The van der Waals surface area contributed by atoms with Crippen LogP contribution in [0.1, 0.15) is 18.1 Å². The van der Waals surface area contributed by atoms with Crippen LogP contribution < -0.4 is 4.90 Å². The van der Waals surface area contributed by atoms with Crippen molar-refractivity contribution < 1.29 is 18.7 Å². The first kappa shape index (κ1) is 20.6. The molecule has 1 aliphatic heterocycles. The number of ether oxygens (including phenoxy) is 1. The number of carbonyl (C=O) groups excluding carboxylic acids is 2. The van der Waals surface area contributed by atoms with Crippen LogP contribution in [-0.2, 0) is 20.7 Å². The van der Waals surface area contributed by atoms with Gasteiger partial charge in [0.1, 0.15) is 16.9 Å². The first-order valence-corrected chi connectivity index (χ1v) is 9.95. The minimum absolute atomic E-state index is 0.124. The largest absolute Gasteiger partial charge is 0.462 e. The predicted octanol–water partition coefficient (Wildman–Crippen LogP) is 4.12. The second kappa shape index (κ2) is 8.93. The number of anilines is 1. The van der Waals surface area contributed by atoms with Crippen molar-refractivity contribution in [3.63, 3.8) is 0 Å². The first-order chi connectivity index (χ1) is 13.9. The molecule has 0 aliphatic carbocycles. The fraction of sp³-hybridized carbons (Fsp3) is 0.227. The maximum atomic E-state index is 13.2. The third-order valence-corrected chi connectivity index (χ3v) is 5.65. The average Bonchev–Trinajstić information content (AvgIpc) is 3.01. The van der Waals surface area contributed by atoms with E-state index in [0.717, 1.165) is 22.9 Å². The molecule has 1 atom stereocenters. The Morgan fingerprint density at radius 3 is 2.45 bits per heavy atom. The molecule has 1 unspecified atom stereocenters. The summed E-state index contributed by atoms with van der Waals surface area (Å²) in [6.07, 6.45) is 0.344. The molecule has 7 heteroatoms. The van der Waals surface area contributed by atoms with Crippen molar-refractivity contribution in [2.75, 3.05) is 11.5 Å². The Bertz CT molecular complexity index is 994. The molecule has 29 heavy (non-hydrogen) atoms. The summed E-state index contributed by atoms with van der Waals surface area (Å²) in [4.78, 5) is 26.9. The van der Waals surface area contributed by atoms with E-state index in [4.69, 9.17) is 4.74 Å². The predicted molar refractivity (Wildman–Crippen MR) is 109 cm³/mol. The van der Waals surface area contributed by atoms with E-state index in [1.165, 1.54) is 17.0 Å². The minimum Gasteiger partial charge on any atom is -0.462 e. The molecule has 0 spiro atoms. The SMILES string of the molecule is CCOC(=O)/C(C#N)=C1\SC(Cc2ccc(F)cc2)C(=O)N1c1ccc(C)cc1. The summed E-state index contributed by atoms with van der Waals surface area (Å²) in [7, 11) is 0. The minimum atomic E-state index is -0.759. The normalized spacial score (nSPS) is 17.8. The van der Waals surface area contributed by atoms with Crippen LogP contribution in [-0.4, -0.2) is 23.7 Å². The van der Waals surface area contributed by atoms with Gasteiger partial charge in [0.2, 0.25) is 5.91 Å². The Kier molecular flexibility index (Phi) is 6.35. The second-order valence-electron chi connectivity index (χ2n) is 6.46. The highest BCUT2D eigenvalue weighted by atomic mass is 32.2. The van der Waals surface area contributed by atoms with Crippen LogP contribution in [0.3, 0.4) is 0 Å². The molecule has 1 heterocycles. The smallest absolute Gasteiger partial charge is 0.351 e. The van der Waals surface area contributed by atoms with Crippen LogP contribution in [0.15, 0.2) is 59.1 Å². The molecule has 0 aromatic heterocycles. The van der Waals surface area contributed by atoms with Crippen LogP contribution in [0, 0.1) is 24.1 Å². The number of nitriles is 1. The van der Waals surface area contributed by atoms with Crippen molar-refractivity contribution in [2.24, 2.45) is 0 Å². The number of nitrogens with zero attached hydrogens (tertiary/aromatic N) is 2. The summed E-state index contributed by atoms with van der Waals surface area (Å²) in [6.45, 7) is 3.71. The molecule has 0 N–H and O–H groups in total. The van der Waals surface area contributed by atoms with E-state index >= 15 is 0 Å². The second-order valence-corrected chi connectivity index (χ2v) is 7.65. The molecular formula is C22H19FN2O3S. The molecule has 1 amide bonds. The van der Waals surface area contributed by atoms with Gasteiger partial charge < -0.3 is 4.74 Å². The number of hydrogen-bond acceptors (Lipinski definition) is 5. The summed E-state index contributed by atoms with van der Waals surface area (Å²) in [5.74, 6) is -1.35. The quantitative estimate of drug-likeness (QED) is 0.421. The van der Waals surface area contributed by atoms with Gasteiger partial charge in [0, 0.05) is 5.69 Å². The lowest BCUT2D eigenvalue weighted by Crippen LogP contribution is -2.30. The number of halogens is 1. The summed E-state index contributed by atoms with van der Waals surface area (Å²) in [6, 6.07) is 15.1. The third kappa shape index (κ3) is 4.49. The third-order valence-electron chi connectivity index (χ3n) is 4.38. The lowest BCUT2D eigenvalue weighted by molar-refractivity contribution is -0.138. The van der Waals surface area contributed by atoms with Gasteiger partial charge >= 0.3 is 5.97 Å². The highest BCUT2D eigenvalue weighted by molar-refractivity contribution is 8.05. The molecule has 0 saturated carbocycles. The molecule has 2 aromatic rings. The van der Waals surface area contributed by atoms with Crippen molar-refractivity contribution in [2.45, 2.75) is 25.5 Å². The van der Waals surface area contributed by atoms with Crippen LogP contribution in [0.2, 0.25) is 0 Å². The zero-order valence-corrected chi connectivity index (χ0v) is 16.8. The van der Waals surface area contributed by atoms with Gasteiger partial charge in [-0.05, 0) is 50.1 Å². The maximum absolute atomic E-state index is 13.2. The van der Waals surface area contributed by atoms with Gasteiger partial charge in [-0.15, -0.1) is 0 Å². The highest BCUT2D eigenvalue weighted by Gasteiger charge is 2.41. The fourth-order valence-electron chi connectivity index (χ4n) is 2.94. The molecule has 5 nitrogen and oxygen atoms in total. The zero-order valence-electron chi connectivity index (χ0n) is 16.0. The number of rotatable bonds is 5. The number of carbonyl (C=O) groups is 2. The number of benzene rings is 2. The Morgan fingerprint density at radius 2 is 1.86 bits per heavy atom. The number of hydrogen-bond donors (Lipinski definition) is 0. The van der Waals surface area contributed by atoms with E-state index < -0.39 is 11.2 Å². The molecule has 0 bridgehead atoms. The fourth-order valence-corrected chi connectivity index (χ4v) is 4.24. The summed E-state index contributed by atoms with van der Waals surface area (Å²) < 4.78 is 18.2. The standard InChI is InChI=1S/C22H19FN2O3S/c1-3-28-22(27)18(13-24)21-25(17-10-4-14(2)5-11-17)20(26)19(29-21)12-15-6-8-16(23)9-7-15/h4-11,19H,3,12H2,1-2H3/b21-18-. The van der Waals surface area contributed by atoms with E-state index in [1.807, 2.05) is 25.1 Å². The van der Waals surface area contributed by atoms with Gasteiger partial charge in [0.15, 0.2) is 5.57 Å². The van der Waals surface area contributed by atoms with Crippen molar-refractivity contribution >= 4 is 29.3 Å². The molecule has 148 valence electrons. The van der Waals surface area contributed by atoms with E-state index in [2.05, 4.69) is 0 Å². The van der Waals surface area contributed by atoms with Gasteiger partial charge in [-0.2, -0.15) is 5.26 Å². The molecule has 0 radical (unpaired) electrons. The summed E-state index contributed by atoms with van der Waals surface area (Å²) >= 11 is 1.15. The van der Waals surface area contributed by atoms with E-state index in [-0.39, 0.29) is 28.9 Å². The summed E-state index contributed by atoms with van der Waals surface area (Å²) in [5.41, 5.74) is 2.18. The first-order valence-electron chi connectivity index (χ1n) is 9.07. The number of aryl methyl sites for hydroxylation is 1. The molecule has 1 aliphatic rings. The highest BCUT2D eigenvalue weighted by Crippen LogP contribution is 2.42. The number of amides is 1. The van der Waals surface area contributed by atoms with Gasteiger partial charge in [0.25, 0.3) is 0 Å². The molecule has 1 fully saturated rings. The topological polar surface area (TPSA) is 70.4 Å². The van der Waals surface area contributed by atoms with Crippen LogP contribution in [0.25, 0.3) is 0 Å². The zero-order chi connectivity index (χ0) is 21.0. The lowest BCUT2D eigenvalue weighted by atomic mass is 10.1. The van der Waals surface area contributed by atoms with Crippen LogP contribution in [0.5, 0.6) is 0 Å². The van der Waals surface area contributed by atoms with Gasteiger partial charge in [-0.1, -0.05) is 41.6 Å². The number of esters is 1.